The summed E-state index contributed by atoms with van der Waals surface area (Å²) in [6, 6.07) is 10.1. The number of carbonyl (C=O) groups excluding carboxylic acids is 3. The number of carbonyl (C=O) groups is 3. The molecule has 1 atom stereocenters. The normalized spacial score (nSPS) is 19.5. The smallest absolute Gasteiger partial charge is 0.373 e. The van der Waals surface area contributed by atoms with Crippen molar-refractivity contribution in [3.63, 3.8) is 0 Å². The van der Waals surface area contributed by atoms with E-state index in [1.165, 1.54) is 13.2 Å². The van der Waals surface area contributed by atoms with Crippen molar-refractivity contribution < 1.29 is 23.5 Å². The van der Waals surface area contributed by atoms with E-state index < -0.39 is 17.5 Å². The molecular formula is C20H22N2O5. The van der Waals surface area contributed by atoms with Gasteiger partial charge in [0.2, 0.25) is 5.76 Å². The van der Waals surface area contributed by atoms with Crippen molar-refractivity contribution in [1.82, 2.24) is 10.2 Å². The molecule has 1 aromatic carbocycles. The quantitative estimate of drug-likeness (QED) is 0.645. The summed E-state index contributed by atoms with van der Waals surface area (Å²) < 4.78 is 9.95. The zero-order valence-electron chi connectivity index (χ0n) is 15.7. The molecule has 0 bridgehead atoms. The highest BCUT2D eigenvalue weighted by Crippen LogP contribution is 2.31. The minimum absolute atomic E-state index is 0.0200. The SMILES string of the molecule is COC(=O)c1ccc(CN2C(=O)NC(C)(c3ccc(C(C)C)cc3)C2=O)o1. The Morgan fingerprint density at radius 1 is 1.19 bits per heavy atom. The maximum atomic E-state index is 13.0. The van der Waals surface area contributed by atoms with Crippen molar-refractivity contribution in [2.75, 3.05) is 7.11 Å². The Morgan fingerprint density at radius 2 is 1.85 bits per heavy atom. The van der Waals surface area contributed by atoms with Gasteiger partial charge in [-0.05, 0) is 36.1 Å². The maximum absolute atomic E-state index is 13.0. The van der Waals surface area contributed by atoms with Gasteiger partial charge >= 0.3 is 12.0 Å². The highest BCUT2D eigenvalue weighted by molar-refractivity contribution is 6.07. The third-order valence-corrected chi connectivity index (χ3v) is 4.79. The van der Waals surface area contributed by atoms with E-state index in [0.717, 1.165) is 10.5 Å². The molecule has 7 nitrogen and oxygen atoms in total. The summed E-state index contributed by atoms with van der Waals surface area (Å²) in [5, 5.41) is 2.76. The van der Waals surface area contributed by atoms with Gasteiger partial charge in [0.15, 0.2) is 0 Å². The number of nitrogens with zero attached hydrogens (tertiary/aromatic N) is 1. The lowest BCUT2D eigenvalue weighted by molar-refractivity contribution is -0.131. The molecule has 2 heterocycles. The lowest BCUT2D eigenvalue weighted by Crippen LogP contribution is -2.40. The van der Waals surface area contributed by atoms with Gasteiger partial charge in [-0.15, -0.1) is 0 Å². The maximum Gasteiger partial charge on any atom is 0.373 e. The Hall–Kier alpha value is -3.09. The van der Waals surface area contributed by atoms with Crippen LogP contribution in [0.3, 0.4) is 0 Å². The van der Waals surface area contributed by atoms with E-state index in [-0.39, 0.29) is 18.2 Å². The number of nitrogens with one attached hydrogen (secondary N) is 1. The molecule has 1 unspecified atom stereocenters. The van der Waals surface area contributed by atoms with Gasteiger partial charge in [-0.3, -0.25) is 9.69 Å². The molecule has 7 heteroatoms. The first kappa shape index (κ1) is 18.7. The Kier molecular flexibility index (Phi) is 4.78. The molecule has 27 heavy (non-hydrogen) atoms. The van der Waals surface area contributed by atoms with Crippen molar-refractivity contribution in [2.24, 2.45) is 0 Å². The molecule has 1 saturated heterocycles. The van der Waals surface area contributed by atoms with E-state index in [2.05, 4.69) is 23.9 Å². The fraction of sp³-hybridized carbons (Fsp3) is 0.350. The number of urea groups is 1. The Bertz CT molecular complexity index is 884. The number of esters is 1. The molecule has 0 aliphatic carbocycles. The van der Waals surface area contributed by atoms with E-state index >= 15 is 0 Å². The van der Waals surface area contributed by atoms with Gasteiger partial charge in [0, 0.05) is 0 Å². The summed E-state index contributed by atoms with van der Waals surface area (Å²) in [4.78, 5) is 37.9. The summed E-state index contributed by atoms with van der Waals surface area (Å²) in [6.45, 7) is 5.79. The van der Waals surface area contributed by atoms with Crippen LogP contribution in [-0.4, -0.2) is 29.9 Å². The number of hydrogen-bond donors (Lipinski definition) is 1. The van der Waals surface area contributed by atoms with E-state index in [1.54, 1.807) is 13.0 Å². The van der Waals surface area contributed by atoms with Crippen LogP contribution in [0.15, 0.2) is 40.8 Å². The first-order valence-corrected chi connectivity index (χ1v) is 8.68. The Labute approximate surface area is 157 Å². The fourth-order valence-corrected chi connectivity index (χ4v) is 3.07. The molecule has 1 aliphatic heterocycles. The van der Waals surface area contributed by atoms with Gasteiger partial charge in [0.1, 0.15) is 11.3 Å². The number of ether oxygens (including phenoxy) is 1. The third kappa shape index (κ3) is 3.32. The molecule has 1 aromatic heterocycles. The predicted molar refractivity (Wildman–Crippen MR) is 97.0 cm³/mol. The number of furan rings is 1. The number of benzene rings is 1. The fourth-order valence-electron chi connectivity index (χ4n) is 3.07. The minimum Gasteiger partial charge on any atom is -0.463 e. The number of amides is 3. The first-order valence-electron chi connectivity index (χ1n) is 8.68. The van der Waals surface area contributed by atoms with Crippen LogP contribution < -0.4 is 5.32 Å². The highest BCUT2D eigenvalue weighted by Gasteiger charge is 2.49. The van der Waals surface area contributed by atoms with Crippen LogP contribution in [0.1, 0.15) is 54.1 Å². The van der Waals surface area contributed by atoms with Crippen molar-refractivity contribution in [3.8, 4) is 0 Å². The predicted octanol–water partition coefficient (Wildman–Crippen LogP) is 3.16. The number of methoxy groups -OCH3 is 1. The lowest BCUT2D eigenvalue weighted by Gasteiger charge is -2.22. The summed E-state index contributed by atoms with van der Waals surface area (Å²) in [7, 11) is 1.25. The van der Waals surface area contributed by atoms with Crippen LogP contribution in [0.2, 0.25) is 0 Å². The standard InChI is InChI=1S/C20H22N2O5/c1-12(2)13-5-7-14(8-6-13)20(3)18(24)22(19(25)21-20)11-15-9-10-16(27-15)17(23)26-4/h5-10,12H,11H2,1-4H3,(H,21,25). The van der Waals surface area contributed by atoms with Gasteiger partial charge in [-0.2, -0.15) is 0 Å². The van der Waals surface area contributed by atoms with E-state index in [1.807, 2.05) is 24.3 Å². The van der Waals surface area contributed by atoms with Gasteiger partial charge in [-0.25, -0.2) is 9.59 Å². The lowest BCUT2D eigenvalue weighted by atomic mass is 9.90. The summed E-state index contributed by atoms with van der Waals surface area (Å²) in [5.74, 6) is -0.278. The van der Waals surface area contributed by atoms with Crippen molar-refractivity contribution >= 4 is 17.9 Å². The average molecular weight is 370 g/mol. The zero-order chi connectivity index (χ0) is 19.8. The molecule has 3 amide bonds. The molecular weight excluding hydrogens is 348 g/mol. The Balaban J connectivity index is 1.81. The van der Waals surface area contributed by atoms with Crippen LogP contribution in [-0.2, 0) is 21.6 Å². The minimum atomic E-state index is -1.15. The van der Waals surface area contributed by atoms with Crippen LogP contribution in [0.4, 0.5) is 4.79 Å². The van der Waals surface area contributed by atoms with Crippen LogP contribution in [0.25, 0.3) is 0 Å². The zero-order valence-corrected chi connectivity index (χ0v) is 15.7. The molecule has 1 fully saturated rings. The second kappa shape index (κ2) is 6.90. The molecule has 142 valence electrons. The molecule has 0 radical (unpaired) electrons. The Morgan fingerprint density at radius 3 is 2.44 bits per heavy atom. The number of hydrogen-bond acceptors (Lipinski definition) is 5. The number of rotatable bonds is 5. The van der Waals surface area contributed by atoms with Gasteiger partial charge in [-0.1, -0.05) is 38.1 Å². The largest absolute Gasteiger partial charge is 0.463 e. The first-order chi connectivity index (χ1) is 12.8. The second-order valence-electron chi connectivity index (χ2n) is 6.98. The van der Waals surface area contributed by atoms with E-state index in [0.29, 0.717) is 17.2 Å². The second-order valence-corrected chi connectivity index (χ2v) is 6.98. The van der Waals surface area contributed by atoms with Crippen molar-refractivity contribution in [3.05, 3.63) is 59.0 Å². The van der Waals surface area contributed by atoms with E-state index in [9.17, 15) is 14.4 Å². The molecule has 0 saturated carbocycles. The molecule has 3 rings (SSSR count). The topological polar surface area (TPSA) is 88.9 Å². The van der Waals surface area contributed by atoms with Gasteiger partial charge < -0.3 is 14.5 Å². The molecule has 1 aliphatic rings. The van der Waals surface area contributed by atoms with Crippen LogP contribution in [0, 0.1) is 0 Å². The molecule has 0 spiro atoms. The van der Waals surface area contributed by atoms with Crippen molar-refractivity contribution in [2.45, 2.75) is 38.8 Å². The van der Waals surface area contributed by atoms with Crippen molar-refractivity contribution in [1.29, 1.82) is 0 Å². The summed E-state index contributed by atoms with van der Waals surface area (Å²) in [5.41, 5.74) is 0.717. The third-order valence-electron chi connectivity index (χ3n) is 4.79. The van der Waals surface area contributed by atoms with Gasteiger partial charge in [0.25, 0.3) is 5.91 Å². The van der Waals surface area contributed by atoms with Crippen LogP contribution in [0.5, 0.6) is 0 Å². The van der Waals surface area contributed by atoms with Gasteiger partial charge in [0.05, 0.1) is 13.7 Å². The van der Waals surface area contributed by atoms with Crippen LogP contribution >= 0.6 is 0 Å². The summed E-state index contributed by atoms with van der Waals surface area (Å²) >= 11 is 0. The molecule has 2 aromatic rings. The summed E-state index contributed by atoms with van der Waals surface area (Å²) in [6.07, 6.45) is 0. The highest BCUT2D eigenvalue weighted by atomic mass is 16.5. The monoisotopic (exact) mass is 370 g/mol. The molecule has 1 N–H and O–H groups in total. The van der Waals surface area contributed by atoms with E-state index in [4.69, 9.17) is 4.42 Å². The average Bonchev–Trinajstić information content (AvgIpc) is 3.20. The number of imide groups is 1.